The second-order valence-electron chi connectivity index (χ2n) is 5.55. The van der Waals surface area contributed by atoms with Crippen LogP contribution in [-0.2, 0) is 0 Å². The maximum atomic E-state index is 12.6. The predicted octanol–water partition coefficient (Wildman–Crippen LogP) is 4.51. The Bertz CT molecular complexity index is 870. The number of para-hydroxylation sites is 2. The van der Waals surface area contributed by atoms with E-state index in [1.165, 1.54) is 0 Å². The average Bonchev–Trinajstić information content (AvgIpc) is 2.73. The number of benzene rings is 2. The van der Waals surface area contributed by atoms with Crippen molar-refractivity contribution in [3.63, 3.8) is 0 Å². The number of pyridine rings is 1. The van der Waals surface area contributed by atoms with Crippen molar-refractivity contribution in [1.29, 1.82) is 0 Å². The van der Waals surface area contributed by atoms with E-state index in [0.29, 0.717) is 30.2 Å². The number of anilines is 1. The third-order valence-electron chi connectivity index (χ3n) is 3.69. The number of carbonyl (C=O) groups is 1. The molecule has 1 heterocycles. The van der Waals surface area contributed by atoms with E-state index in [1.54, 1.807) is 36.2 Å². The fourth-order valence-corrected chi connectivity index (χ4v) is 2.74. The number of thioether (sulfide) groups is 1. The Morgan fingerprint density at radius 3 is 2.44 bits per heavy atom. The molecule has 5 nitrogen and oxygen atoms in total. The summed E-state index contributed by atoms with van der Waals surface area (Å²) in [5, 5.41) is 3.74. The summed E-state index contributed by atoms with van der Waals surface area (Å²) in [6.45, 7) is 0.725. The summed E-state index contributed by atoms with van der Waals surface area (Å²) in [5.41, 5.74) is 1.10. The SMILES string of the molecule is CSc1ccc(NC(=O)c2ccccc2OCCOc2ccccc2)cn1. The molecule has 0 fully saturated rings. The molecule has 0 aliphatic heterocycles. The molecule has 6 heteroatoms. The molecule has 2 aromatic carbocycles. The van der Waals surface area contributed by atoms with Crippen LogP contribution in [0.1, 0.15) is 10.4 Å². The number of carbonyl (C=O) groups excluding carboxylic acids is 1. The Labute approximate surface area is 162 Å². The van der Waals surface area contributed by atoms with Gasteiger partial charge >= 0.3 is 0 Å². The minimum absolute atomic E-state index is 0.242. The zero-order valence-electron chi connectivity index (χ0n) is 14.9. The number of rotatable bonds is 8. The van der Waals surface area contributed by atoms with Gasteiger partial charge in [0.1, 0.15) is 24.7 Å². The Morgan fingerprint density at radius 1 is 0.963 bits per heavy atom. The second kappa shape index (κ2) is 9.64. The highest BCUT2D eigenvalue weighted by molar-refractivity contribution is 7.98. The molecule has 0 saturated heterocycles. The molecule has 0 aliphatic rings. The van der Waals surface area contributed by atoms with Crippen molar-refractivity contribution in [2.45, 2.75) is 5.03 Å². The molecule has 0 aliphatic carbocycles. The molecule has 3 aromatic rings. The maximum Gasteiger partial charge on any atom is 0.259 e. The zero-order chi connectivity index (χ0) is 18.9. The Balaban J connectivity index is 1.58. The first kappa shape index (κ1) is 18.8. The molecule has 0 bridgehead atoms. The van der Waals surface area contributed by atoms with Gasteiger partial charge in [-0.1, -0.05) is 30.3 Å². The fourth-order valence-electron chi connectivity index (χ4n) is 2.38. The second-order valence-corrected chi connectivity index (χ2v) is 6.38. The van der Waals surface area contributed by atoms with Crippen LogP contribution in [0.25, 0.3) is 0 Å². The molecule has 3 rings (SSSR count). The van der Waals surface area contributed by atoms with Gasteiger partial charge in [-0.2, -0.15) is 0 Å². The highest BCUT2D eigenvalue weighted by atomic mass is 32.2. The Kier molecular flexibility index (Phi) is 6.71. The van der Waals surface area contributed by atoms with Crippen LogP contribution >= 0.6 is 11.8 Å². The van der Waals surface area contributed by atoms with E-state index in [9.17, 15) is 4.79 Å². The quantitative estimate of drug-likeness (QED) is 0.460. The molecule has 0 radical (unpaired) electrons. The van der Waals surface area contributed by atoms with Crippen molar-refractivity contribution < 1.29 is 14.3 Å². The third kappa shape index (κ3) is 5.49. The third-order valence-corrected chi connectivity index (χ3v) is 4.35. The maximum absolute atomic E-state index is 12.6. The molecule has 0 spiro atoms. The molecule has 0 unspecified atom stereocenters. The van der Waals surface area contributed by atoms with Crippen LogP contribution < -0.4 is 14.8 Å². The molecule has 0 atom stereocenters. The number of nitrogens with zero attached hydrogens (tertiary/aromatic N) is 1. The molecular formula is C21H20N2O3S. The van der Waals surface area contributed by atoms with E-state index < -0.39 is 0 Å². The van der Waals surface area contributed by atoms with Crippen LogP contribution in [0.15, 0.2) is 78.0 Å². The van der Waals surface area contributed by atoms with Gasteiger partial charge in [0.2, 0.25) is 0 Å². The predicted molar refractivity (Wildman–Crippen MR) is 108 cm³/mol. The van der Waals surface area contributed by atoms with Crippen LogP contribution in [0.3, 0.4) is 0 Å². The lowest BCUT2D eigenvalue weighted by Gasteiger charge is -2.12. The Morgan fingerprint density at radius 2 is 1.70 bits per heavy atom. The van der Waals surface area contributed by atoms with Crippen LogP contribution in [0.2, 0.25) is 0 Å². The Hall–Kier alpha value is -2.99. The van der Waals surface area contributed by atoms with E-state index in [1.807, 2.05) is 54.8 Å². The van der Waals surface area contributed by atoms with Gasteiger partial charge in [0, 0.05) is 0 Å². The van der Waals surface area contributed by atoms with E-state index in [0.717, 1.165) is 10.8 Å². The van der Waals surface area contributed by atoms with Gasteiger partial charge < -0.3 is 14.8 Å². The topological polar surface area (TPSA) is 60.5 Å². The zero-order valence-corrected chi connectivity index (χ0v) is 15.7. The fraction of sp³-hybridized carbons (Fsp3) is 0.143. The van der Waals surface area contributed by atoms with Crippen molar-refractivity contribution in [3.05, 3.63) is 78.5 Å². The van der Waals surface area contributed by atoms with E-state index in [4.69, 9.17) is 9.47 Å². The van der Waals surface area contributed by atoms with Crippen LogP contribution in [0.5, 0.6) is 11.5 Å². The molecule has 27 heavy (non-hydrogen) atoms. The average molecular weight is 380 g/mol. The lowest BCUT2D eigenvalue weighted by Crippen LogP contribution is -2.15. The normalized spacial score (nSPS) is 10.3. The van der Waals surface area contributed by atoms with E-state index >= 15 is 0 Å². The summed E-state index contributed by atoms with van der Waals surface area (Å²) < 4.78 is 11.4. The highest BCUT2D eigenvalue weighted by Gasteiger charge is 2.12. The van der Waals surface area contributed by atoms with Crippen molar-refractivity contribution in [2.24, 2.45) is 0 Å². The van der Waals surface area contributed by atoms with Crippen molar-refractivity contribution >= 4 is 23.4 Å². The van der Waals surface area contributed by atoms with Crippen LogP contribution in [-0.4, -0.2) is 30.4 Å². The summed E-state index contributed by atoms with van der Waals surface area (Å²) in [4.78, 5) is 16.8. The first-order chi connectivity index (χ1) is 13.3. The number of hydrogen-bond donors (Lipinski definition) is 1. The lowest BCUT2D eigenvalue weighted by atomic mass is 10.2. The van der Waals surface area contributed by atoms with Gasteiger partial charge in [0.25, 0.3) is 5.91 Å². The molecule has 0 saturated carbocycles. The first-order valence-electron chi connectivity index (χ1n) is 8.47. The van der Waals surface area contributed by atoms with Gasteiger partial charge in [-0.05, 0) is 42.7 Å². The number of amides is 1. The van der Waals surface area contributed by atoms with Gasteiger partial charge in [0.15, 0.2) is 0 Å². The van der Waals surface area contributed by atoms with E-state index in [-0.39, 0.29) is 5.91 Å². The number of ether oxygens (including phenoxy) is 2. The summed E-state index contributed by atoms with van der Waals surface area (Å²) in [6, 6.07) is 20.4. The number of hydrogen-bond acceptors (Lipinski definition) is 5. The minimum atomic E-state index is -0.242. The molecular weight excluding hydrogens is 360 g/mol. The molecule has 1 aromatic heterocycles. The van der Waals surface area contributed by atoms with Crippen molar-refractivity contribution in [3.8, 4) is 11.5 Å². The summed E-state index contributed by atoms with van der Waals surface area (Å²) >= 11 is 1.55. The van der Waals surface area contributed by atoms with E-state index in [2.05, 4.69) is 10.3 Å². The van der Waals surface area contributed by atoms with Gasteiger partial charge in [-0.3, -0.25) is 4.79 Å². The smallest absolute Gasteiger partial charge is 0.259 e. The monoisotopic (exact) mass is 380 g/mol. The largest absolute Gasteiger partial charge is 0.490 e. The first-order valence-corrected chi connectivity index (χ1v) is 9.70. The van der Waals surface area contributed by atoms with Crippen molar-refractivity contribution in [1.82, 2.24) is 4.98 Å². The van der Waals surface area contributed by atoms with Gasteiger partial charge in [-0.25, -0.2) is 4.98 Å². The standard InChI is InChI=1S/C21H20N2O3S/c1-27-20-12-11-16(15-22-20)23-21(24)18-9-5-6-10-19(18)26-14-13-25-17-7-3-2-4-8-17/h2-12,15H,13-14H2,1H3,(H,23,24). The number of aromatic nitrogens is 1. The van der Waals surface area contributed by atoms with Gasteiger partial charge in [-0.15, -0.1) is 11.8 Å². The van der Waals surface area contributed by atoms with Gasteiger partial charge in [0.05, 0.1) is 22.5 Å². The minimum Gasteiger partial charge on any atom is -0.490 e. The number of nitrogens with one attached hydrogen (secondary N) is 1. The summed E-state index contributed by atoms with van der Waals surface area (Å²) in [6.07, 6.45) is 3.59. The summed E-state index contributed by atoms with van der Waals surface area (Å²) in [5.74, 6) is 1.06. The highest BCUT2D eigenvalue weighted by Crippen LogP contribution is 2.20. The molecule has 1 N–H and O–H groups in total. The molecule has 1 amide bonds. The summed E-state index contributed by atoms with van der Waals surface area (Å²) in [7, 11) is 0. The lowest BCUT2D eigenvalue weighted by molar-refractivity contribution is 0.102. The van der Waals surface area contributed by atoms with Crippen LogP contribution in [0, 0.1) is 0 Å². The van der Waals surface area contributed by atoms with Crippen LogP contribution in [0.4, 0.5) is 5.69 Å². The van der Waals surface area contributed by atoms with Crippen molar-refractivity contribution in [2.75, 3.05) is 24.8 Å². The molecule has 138 valence electrons.